The third-order valence-electron chi connectivity index (χ3n) is 4.40. The fourth-order valence-electron chi connectivity index (χ4n) is 2.73. The summed E-state index contributed by atoms with van der Waals surface area (Å²) >= 11 is 1.65. The molecule has 1 N–H and O–H groups in total. The number of benzene rings is 2. The van der Waals surface area contributed by atoms with Gasteiger partial charge in [-0.15, -0.1) is 11.3 Å². The van der Waals surface area contributed by atoms with E-state index in [9.17, 15) is 0 Å². The Morgan fingerprint density at radius 1 is 1.00 bits per heavy atom. The van der Waals surface area contributed by atoms with E-state index < -0.39 is 0 Å². The predicted molar refractivity (Wildman–Crippen MR) is 111 cm³/mol. The molecule has 3 rings (SSSR count). The van der Waals surface area contributed by atoms with E-state index in [1.54, 1.807) is 18.4 Å². The van der Waals surface area contributed by atoms with Gasteiger partial charge in [-0.2, -0.15) is 0 Å². The topological polar surface area (TPSA) is 34.1 Å². The summed E-state index contributed by atoms with van der Waals surface area (Å²) in [6.45, 7) is 7.56. The summed E-state index contributed by atoms with van der Waals surface area (Å²) < 4.78 is 5.19. The second kappa shape index (κ2) is 7.92. The first-order chi connectivity index (χ1) is 12.5. The number of nitrogens with one attached hydrogen (secondary N) is 1. The van der Waals surface area contributed by atoms with Crippen LogP contribution >= 0.6 is 11.3 Å². The lowest BCUT2D eigenvalue weighted by Gasteiger charge is -2.18. The molecule has 0 aliphatic rings. The second-order valence-corrected chi connectivity index (χ2v) is 8.25. The number of thiazole rings is 1. The molecule has 3 aromatic rings. The number of nitrogens with zero attached hydrogens (tertiary/aromatic N) is 1. The van der Waals surface area contributed by atoms with Crippen molar-refractivity contribution >= 4 is 16.5 Å². The lowest BCUT2D eigenvalue weighted by Crippen LogP contribution is -2.10. The van der Waals surface area contributed by atoms with Crippen LogP contribution in [0.1, 0.15) is 31.9 Å². The highest BCUT2D eigenvalue weighted by molar-refractivity contribution is 7.14. The minimum absolute atomic E-state index is 0.175. The molecule has 26 heavy (non-hydrogen) atoms. The molecule has 0 spiro atoms. The predicted octanol–water partition coefficient (Wildman–Crippen LogP) is 5.77. The first-order valence-electron chi connectivity index (χ1n) is 8.89. The molecular formula is C22H26N2OS. The van der Waals surface area contributed by atoms with Gasteiger partial charge in [0, 0.05) is 17.5 Å². The first kappa shape index (κ1) is 18.5. The Morgan fingerprint density at radius 3 is 2.31 bits per heavy atom. The SMILES string of the molecule is COc1ccc(CCNc2nc(-c3ccc(C(C)(C)C)cc3)cs2)cc1. The van der Waals surface area contributed by atoms with Gasteiger partial charge in [0.1, 0.15) is 5.75 Å². The summed E-state index contributed by atoms with van der Waals surface area (Å²) in [5.41, 5.74) is 5.00. The minimum Gasteiger partial charge on any atom is -0.497 e. The highest BCUT2D eigenvalue weighted by atomic mass is 32.1. The molecule has 0 radical (unpaired) electrons. The van der Waals surface area contributed by atoms with E-state index in [4.69, 9.17) is 9.72 Å². The van der Waals surface area contributed by atoms with Crippen LogP contribution in [0.4, 0.5) is 5.13 Å². The fraction of sp³-hybridized carbons (Fsp3) is 0.318. The first-order valence-corrected chi connectivity index (χ1v) is 9.77. The Balaban J connectivity index is 1.57. The molecule has 0 bridgehead atoms. The van der Waals surface area contributed by atoms with Crippen molar-refractivity contribution in [2.24, 2.45) is 0 Å². The molecule has 0 aliphatic carbocycles. The van der Waals surface area contributed by atoms with Gasteiger partial charge < -0.3 is 10.1 Å². The van der Waals surface area contributed by atoms with Crippen molar-refractivity contribution in [1.82, 2.24) is 4.98 Å². The molecule has 4 heteroatoms. The van der Waals surface area contributed by atoms with Gasteiger partial charge in [-0.25, -0.2) is 4.98 Å². The van der Waals surface area contributed by atoms with Crippen molar-refractivity contribution in [2.45, 2.75) is 32.6 Å². The summed E-state index contributed by atoms with van der Waals surface area (Å²) in [6.07, 6.45) is 0.958. The molecule has 2 aromatic carbocycles. The van der Waals surface area contributed by atoms with Crippen LogP contribution in [0.3, 0.4) is 0 Å². The van der Waals surface area contributed by atoms with Crippen molar-refractivity contribution < 1.29 is 4.74 Å². The van der Waals surface area contributed by atoms with Gasteiger partial charge in [0.15, 0.2) is 5.13 Å². The van der Waals surface area contributed by atoms with Crippen LogP contribution in [-0.4, -0.2) is 18.6 Å². The third-order valence-corrected chi connectivity index (χ3v) is 5.20. The van der Waals surface area contributed by atoms with Gasteiger partial charge in [0.25, 0.3) is 0 Å². The lowest BCUT2D eigenvalue weighted by molar-refractivity contribution is 0.414. The number of methoxy groups -OCH3 is 1. The van der Waals surface area contributed by atoms with E-state index in [0.717, 1.165) is 35.1 Å². The van der Waals surface area contributed by atoms with Gasteiger partial charge in [0.2, 0.25) is 0 Å². The average Bonchev–Trinajstić information content (AvgIpc) is 3.11. The summed E-state index contributed by atoms with van der Waals surface area (Å²) in [5.74, 6) is 0.892. The van der Waals surface area contributed by atoms with Crippen molar-refractivity contribution in [3.05, 3.63) is 65.0 Å². The molecule has 0 fully saturated rings. The highest BCUT2D eigenvalue weighted by Gasteiger charge is 2.13. The van der Waals surface area contributed by atoms with Crippen LogP contribution in [0.15, 0.2) is 53.9 Å². The Labute approximate surface area is 160 Å². The van der Waals surface area contributed by atoms with Crippen LogP contribution in [0.25, 0.3) is 11.3 Å². The maximum Gasteiger partial charge on any atom is 0.183 e. The molecule has 0 saturated carbocycles. The lowest BCUT2D eigenvalue weighted by atomic mass is 9.86. The minimum atomic E-state index is 0.175. The number of aromatic nitrogens is 1. The number of anilines is 1. The molecule has 0 aliphatic heterocycles. The molecule has 1 aromatic heterocycles. The van der Waals surface area contributed by atoms with E-state index in [1.165, 1.54) is 11.1 Å². The van der Waals surface area contributed by atoms with E-state index in [2.05, 4.69) is 67.9 Å². The van der Waals surface area contributed by atoms with E-state index >= 15 is 0 Å². The molecule has 3 nitrogen and oxygen atoms in total. The number of ether oxygens (including phenoxy) is 1. The zero-order valence-electron chi connectivity index (χ0n) is 15.9. The van der Waals surface area contributed by atoms with E-state index in [-0.39, 0.29) is 5.41 Å². The Morgan fingerprint density at radius 2 is 1.69 bits per heavy atom. The number of hydrogen-bond donors (Lipinski definition) is 1. The zero-order valence-corrected chi connectivity index (χ0v) is 16.7. The van der Waals surface area contributed by atoms with Gasteiger partial charge in [-0.3, -0.25) is 0 Å². The van der Waals surface area contributed by atoms with Crippen LogP contribution < -0.4 is 10.1 Å². The van der Waals surface area contributed by atoms with Crippen LogP contribution in [0.5, 0.6) is 5.75 Å². The molecule has 136 valence electrons. The van der Waals surface area contributed by atoms with Crippen molar-refractivity contribution in [3.8, 4) is 17.0 Å². The van der Waals surface area contributed by atoms with Crippen LogP contribution in [0, 0.1) is 0 Å². The smallest absolute Gasteiger partial charge is 0.183 e. The van der Waals surface area contributed by atoms with Crippen LogP contribution in [-0.2, 0) is 11.8 Å². The normalized spacial score (nSPS) is 11.4. The maximum absolute atomic E-state index is 5.19. The molecule has 1 heterocycles. The average molecular weight is 367 g/mol. The molecule has 0 saturated heterocycles. The quantitative estimate of drug-likeness (QED) is 0.601. The summed E-state index contributed by atoms with van der Waals surface area (Å²) in [6, 6.07) is 16.9. The molecule has 0 atom stereocenters. The van der Waals surface area contributed by atoms with Crippen molar-refractivity contribution in [1.29, 1.82) is 0 Å². The fourth-order valence-corrected chi connectivity index (χ4v) is 3.48. The Hall–Kier alpha value is -2.33. The van der Waals surface area contributed by atoms with Gasteiger partial charge >= 0.3 is 0 Å². The van der Waals surface area contributed by atoms with E-state index in [0.29, 0.717) is 0 Å². The van der Waals surface area contributed by atoms with E-state index in [1.807, 2.05) is 12.1 Å². The monoisotopic (exact) mass is 366 g/mol. The van der Waals surface area contributed by atoms with Gasteiger partial charge in [0.05, 0.1) is 12.8 Å². The summed E-state index contributed by atoms with van der Waals surface area (Å²) in [5, 5.41) is 6.50. The van der Waals surface area contributed by atoms with Gasteiger partial charge in [-0.05, 0) is 35.1 Å². The zero-order chi connectivity index (χ0) is 18.6. The number of rotatable bonds is 6. The third kappa shape index (κ3) is 4.64. The summed E-state index contributed by atoms with van der Waals surface area (Å²) in [7, 11) is 1.69. The molecule has 0 amide bonds. The maximum atomic E-state index is 5.19. The second-order valence-electron chi connectivity index (χ2n) is 7.39. The van der Waals surface area contributed by atoms with Crippen molar-refractivity contribution in [3.63, 3.8) is 0 Å². The molecular weight excluding hydrogens is 340 g/mol. The standard InChI is InChI=1S/C22H26N2OS/c1-22(2,3)18-9-7-17(8-10-18)20-15-26-21(24-20)23-14-13-16-5-11-19(25-4)12-6-16/h5-12,15H,13-14H2,1-4H3,(H,23,24). The largest absolute Gasteiger partial charge is 0.497 e. The number of hydrogen-bond acceptors (Lipinski definition) is 4. The molecule has 0 unspecified atom stereocenters. The Bertz CT molecular complexity index is 830. The van der Waals surface area contributed by atoms with Crippen LogP contribution in [0.2, 0.25) is 0 Å². The Kier molecular flexibility index (Phi) is 5.62. The summed E-state index contributed by atoms with van der Waals surface area (Å²) in [4.78, 5) is 4.72. The van der Waals surface area contributed by atoms with Gasteiger partial charge in [-0.1, -0.05) is 57.2 Å². The highest BCUT2D eigenvalue weighted by Crippen LogP contribution is 2.28. The van der Waals surface area contributed by atoms with Crippen molar-refractivity contribution in [2.75, 3.05) is 19.0 Å².